The van der Waals surface area contributed by atoms with Gasteiger partial charge in [0.25, 0.3) is 0 Å². The Labute approximate surface area is 192 Å². The Morgan fingerprint density at radius 1 is 1.24 bits per heavy atom. The Hall–Kier alpha value is -1.16. The Balaban J connectivity index is 0.00000300. The van der Waals surface area contributed by atoms with Gasteiger partial charge in [-0.3, -0.25) is 4.90 Å². The van der Waals surface area contributed by atoms with Gasteiger partial charge >= 0.3 is 0 Å². The number of nitrogens with one attached hydrogen (secondary N) is 2. The van der Waals surface area contributed by atoms with Crippen molar-refractivity contribution in [3.63, 3.8) is 0 Å². The zero-order valence-corrected chi connectivity index (χ0v) is 20.6. The van der Waals surface area contributed by atoms with E-state index < -0.39 is 0 Å². The van der Waals surface area contributed by atoms with Crippen molar-refractivity contribution in [1.82, 2.24) is 30.3 Å². The summed E-state index contributed by atoms with van der Waals surface area (Å²) in [6, 6.07) is 0.607. The van der Waals surface area contributed by atoms with Crippen molar-refractivity contribution < 1.29 is 0 Å². The molecule has 1 aliphatic heterocycles. The van der Waals surface area contributed by atoms with Gasteiger partial charge in [-0.2, -0.15) is 0 Å². The van der Waals surface area contributed by atoms with Crippen LogP contribution in [0.25, 0.3) is 0 Å². The van der Waals surface area contributed by atoms with E-state index in [0.717, 1.165) is 43.7 Å². The number of halogens is 1. The maximum absolute atomic E-state index is 4.80. The summed E-state index contributed by atoms with van der Waals surface area (Å²) in [6.45, 7) is 8.97. The van der Waals surface area contributed by atoms with Crippen molar-refractivity contribution in [1.29, 1.82) is 0 Å². The highest BCUT2D eigenvalue weighted by Gasteiger charge is 2.22. The molecule has 1 atom stereocenters. The van der Waals surface area contributed by atoms with Crippen molar-refractivity contribution in [3.8, 4) is 0 Å². The third-order valence-corrected chi connectivity index (χ3v) is 6.10. The van der Waals surface area contributed by atoms with Crippen LogP contribution < -0.4 is 10.6 Å². The number of guanidine groups is 1. The van der Waals surface area contributed by atoms with Crippen LogP contribution >= 0.6 is 24.0 Å². The second kappa shape index (κ2) is 12.5. The molecule has 0 amide bonds. The number of aliphatic imine (C=N–C) groups is 1. The molecule has 29 heavy (non-hydrogen) atoms. The van der Waals surface area contributed by atoms with Crippen LogP contribution in [0.5, 0.6) is 0 Å². The number of aryl methyl sites for hydroxylation is 1. The first-order valence-corrected chi connectivity index (χ1v) is 11.0. The number of likely N-dealkylation sites (N-methyl/N-ethyl adjacent to an activating group) is 1. The van der Waals surface area contributed by atoms with Crippen LogP contribution in [0.15, 0.2) is 16.6 Å². The highest BCUT2D eigenvalue weighted by molar-refractivity contribution is 14.0. The van der Waals surface area contributed by atoms with Crippen LogP contribution in [-0.2, 0) is 13.6 Å². The molecular weight excluding hydrogens is 477 g/mol. The van der Waals surface area contributed by atoms with E-state index in [1.54, 1.807) is 5.57 Å². The topological polar surface area (TPSA) is 70.4 Å². The van der Waals surface area contributed by atoms with Gasteiger partial charge in [0.1, 0.15) is 12.4 Å². The molecular formula is C21H38IN7. The molecule has 3 rings (SSSR count). The number of rotatable bonds is 8. The van der Waals surface area contributed by atoms with E-state index in [9.17, 15) is 0 Å². The molecule has 0 radical (unpaired) electrons. The third-order valence-electron chi connectivity index (χ3n) is 6.10. The summed E-state index contributed by atoms with van der Waals surface area (Å²) >= 11 is 0. The van der Waals surface area contributed by atoms with Gasteiger partial charge in [0.05, 0.1) is 0 Å². The fourth-order valence-electron chi connectivity index (χ4n) is 4.14. The fourth-order valence-corrected chi connectivity index (χ4v) is 4.14. The smallest absolute Gasteiger partial charge is 0.191 e. The van der Waals surface area contributed by atoms with Crippen molar-refractivity contribution in [3.05, 3.63) is 23.3 Å². The largest absolute Gasteiger partial charge is 0.356 e. The van der Waals surface area contributed by atoms with E-state index in [1.807, 2.05) is 18.5 Å². The number of hydrogen-bond acceptors (Lipinski definition) is 4. The minimum atomic E-state index is 0. The van der Waals surface area contributed by atoms with Gasteiger partial charge in [0, 0.05) is 26.2 Å². The Kier molecular flexibility index (Phi) is 10.4. The molecule has 1 saturated heterocycles. The van der Waals surface area contributed by atoms with Gasteiger partial charge in [-0.1, -0.05) is 18.6 Å². The highest BCUT2D eigenvalue weighted by Crippen LogP contribution is 2.19. The SMILES string of the molecule is CCN1CCCC1CNC(=NCc1nnc(C)n1C)NCCC1=CCCCC1.I. The first-order chi connectivity index (χ1) is 13.7. The summed E-state index contributed by atoms with van der Waals surface area (Å²) in [5.74, 6) is 2.70. The number of nitrogens with zero attached hydrogens (tertiary/aromatic N) is 5. The fraction of sp³-hybridized carbons (Fsp3) is 0.762. The van der Waals surface area contributed by atoms with Gasteiger partial charge in [-0.05, 0) is 65.0 Å². The van der Waals surface area contributed by atoms with Gasteiger partial charge in [-0.15, -0.1) is 34.2 Å². The lowest BCUT2D eigenvalue weighted by Gasteiger charge is -2.24. The molecule has 1 unspecified atom stereocenters. The van der Waals surface area contributed by atoms with Crippen LogP contribution in [0, 0.1) is 6.92 Å². The molecule has 7 nitrogen and oxygen atoms in total. The first-order valence-electron chi connectivity index (χ1n) is 11.0. The average Bonchev–Trinajstić information content (AvgIpc) is 3.31. The monoisotopic (exact) mass is 515 g/mol. The van der Waals surface area contributed by atoms with E-state index in [1.165, 1.54) is 45.1 Å². The lowest BCUT2D eigenvalue weighted by Crippen LogP contribution is -2.45. The zero-order valence-electron chi connectivity index (χ0n) is 18.3. The van der Waals surface area contributed by atoms with E-state index in [4.69, 9.17) is 4.99 Å². The molecule has 1 aromatic heterocycles. The van der Waals surface area contributed by atoms with Crippen LogP contribution in [-0.4, -0.2) is 57.8 Å². The lowest BCUT2D eigenvalue weighted by atomic mass is 9.97. The average molecular weight is 515 g/mol. The predicted molar refractivity (Wildman–Crippen MR) is 130 cm³/mol. The third kappa shape index (κ3) is 7.24. The van der Waals surface area contributed by atoms with Gasteiger partial charge < -0.3 is 15.2 Å². The van der Waals surface area contributed by atoms with E-state index >= 15 is 0 Å². The summed E-state index contributed by atoms with van der Waals surface area (Å²) in [7, 11) is 1.99. The summed E-state index contributed by atoms with van der Waals surface area (Å²) in [6.07, 6.45) is 11.3. The molecule has 0 saturated carbocycles. The Morgan fingerprint density at radius 2 is 2.10 bits per heavy atom. The molecule has 1 fully saturated rings. The van der Waals surface area contributed by atoms with Crippen molar-refractivity contribution >= 4 is 29.9 Å². The van der Waals surface area contributed by atoms with Crippen LogP contribution in [0.4, 0.5) is 0 Å². The first kappa shape index (κ1) is 24.1. The van der Waals surface area contributed by atoms with Crippen molar-refractivity contribution in [2.45, 2.75) is 71.4 Å². The van der Waals surface area contributed by atoms with Crippen molar-refractivity contribution in [2.24, 2.45) is 12.0 Å². The molecule has 164 valence electrons. The molecule has 2 heterocycles. The maximum Gasteiger partial charge on any atom is 0.191 e. The summed E-state index contributed by atoms with van der Waals surface area (Å²) in [5.41, 5.74) is 1.59. The van der Waals surface area contributed by atoms with E-state index in [2.05, 4.69) is 38.7 Å². The van der Waals surface area contributed by atoms with Crippen LogP contribution in [0.2, 0.25) is 0 Å². The molecule has 0 bridgehead atoms. The van der Waals surface area contributed by atoms with Gasteiger partial charge in [-0.25, -0.2) is 4.99 Å². The normalized spacial score (nSPS) is 20.3. The zero-order chi connectivity index (χ0) is 19.8. The minimum absolute atomic E-state index is 0. The molecule has 1 aromatic rings. The Bertz CT molecular complexity index is 683. The van der Waals surface area contributed by atoms with Crippen molar-refractivity contribution in [2.75, 3.05) is 26.2 Å². The molecule has 2 N–H and O–H groups in total. The molecule has 8 heteroatoms. The number of aromatic nitrogens is 3. The summed E-state index contributed by atoms with van der Waals surface area (Å²) in [4.78, 5) is 7.35. The number of hydrogen-bond donors (Lipinski definition) is 2. The molecule has 0 spiro atoms. The summed E-state index contributed by atoms with van der Waals surface area (Å²) < 4.78 is 2.00. The van der Waals surface area contributed by atoms with E-state index in [0.29, 0.717) is 12.6 Å². The summed E-state index contributed by atoms with van der Waals surface area (Å²) in [5, 5.41) is 15.5. The maximum atomic E-state index is 4.80. The minimum Gasteiger partial charge on any atom is -0.356 e. The van der Waals surface area contributed by atoms with E-state index in [-0.39, 0.29) is 24.0 Å². The highest BCUT2D eigenvalue weighted by atomic mass is 127. The lowest BCUT2D eigenvalue weighted by molar-refractivity contribution is 0.267. The molecule has 0 aromatic carbocycles. The standard InChI is InChI=1S/C21H37N7.HI/c1-4-28-14-8-11-19(28)15-23-21(22-13-12-18-9-6-5-7-10-18)24-16-20-26-25-17(2)27(20)3;/h9,19H,4-8,10-16H2,1-3H3,(H2,22,23,24);1H. The molecule has 2 aliphatic rings. The number of allylic oxidation sites excluding steroid dienone is 1. The Morgan fingerprint density at radius 3 is 2.79 bits per heavy atom. The van der Waals surface area contributed by atoms with Crippen LogP contribution in [0.1, 0.15) is 63.5 Å². The second-order valence-corrected chi connectivity index (χ2v) is 7.98. The van der Waals surface area contributed by atoms with Gasteiger partial charge in [0.2, 0.25) is 0 Å². The van der Waals surface area contributed by atoms with Crippen LogP contribution in [0.3, 0.4) is 0 Å². The predicted octanol–water partition coefficient (Wildman–Crippen LogP) is 3.15. The number of likely N-dealkylation sites (tertiary alicyclic amines) is 1. The second-order valence-electron chi connectivity index (χ2n) is 7.98. The quantitative estimate of drug-likeness (QED) is 0.241. The molecule has 1 aliphatic carbocycles. The van der Waals surface area contributed by atoms with Gasteiger partial charge in [0.15, 0.2) is 11.8 Å².